The van der Waals surface area contributed by atoms with E-state index in [-0.39, 0.29) is 22.6 Å². The maximum Gasteiger partial charge on any atom is 0.263 e. The standard InChI is InChI=1S/C13H16N2O4S/c1-3-4-8-20(18,19)14-10-7-5-6-9-11(10)13(17)15(2)12(9)16/h5-7,14H,3-4,8H2,1-2H3. The minimum Gasteiger partial charge on any atom is -0.283 e. The summed E-state index contributed by atoms with van der Waals surface area (Å²) in [6, 6.07) is 4.57. The van der Waals surface area contributed by atoms with Crippen molar-refractivity contribution in [1.82, 2.24) is 4.90 Å². The van der Waals surface area contributed by atoms with Crippen molar-refractivity contribution in [2.24, 2.45) is 0 Å². The molecule has 0 radical (unpaired) electrons. The van der Waals surface area contributed by atoms with Gasteiger partial charge in [0.25, 0.3) is 11.8 Å². The van der Waals surface area contributed by atoms with Crippen LogP contribution in [0.5, 0.6) is 0 Å². The van der Waals surface area contributed by atoms with Crippen molar-refractivity contribution < 1.29 is 18.0 Å². The molecule has 0 spiro atoms. The normalized spacial score (nSPS) is 14.6. The van der Waals surface area contributed by atoms with E-state index in [1.54, 1.807) is 6.07 Å². The molecule has 7 heteroatoms. The second-order valence-electron chi connectivity index (χ2n) is 4.67. The van der Waals surface area contributed by atoms with Crippen molar-refractivity contribution >= 4 is 27.5 Å². The summed E-state index contributed by atoms with van der Waals surface area (Å²) in [4.78, 5) is 24.8. The minimum atomic E-state index is -3.51. The molecule has 0 saturated carbocycles. The molecule has 0 aromatic heterocycles. The first kappa shape index (κ1) is 14.5. The van der Waals surface area contributed by atoms with Crippen LogP contribution in [0.3, 0.4) is 0 Å². The van der Waals surface area contributed by atoms with Gasteiger partial charge >= 0.3 is 0 Å². The first-order valence-corrected chi connectivity index (χ1v) is 7.98. The third-order valence-corrected chi connectivity index (χ3v) is 4.51. The first-order valence-electron chi connectivity index (χ1n) is 6.33. The lowest BCUT2D eigenvalue weighted by atomic mass is 10.1. The van der Waals surface area contributed by atoms with E-state index in [1.165, 1.54) is 19.2 Å². The Morgan fingerprint density at radius 2 is 1.90 bits per heavy atom. The number of unbranched alkanes of at least 4 members (excludes halogenated alkanes) is 1. The van der Waals surface area contributed by atoms with Crippen LogP contribution in [0.1, 0.15) is 40.5 Å². The number of amides is 2. The minimum absolute atomic E-state index is 0.00879. The molecule has 1 heterocycles. The lowest BCUT2D eigenvalue weighted by Crippen LogP contribution is -2.25. The average Bonchev–Trinajstić information content (AvgIpc) is 2.62. The van der Waals surface area contributed by atoms with Crippen LogP contribution in [0.2, 0.25) is 0 Å². The molecular formula is C13H16N2O4S. The summed E-state index contributed by atoms with van der Waals surface area (Å²) < 4.78 is 26.2. The first-order chi connectivity index (χ1) is 9.37. The highest BCUT2D eigenvalue weighted by Crippen LogP contribution is 2.29. The van der Waals surface area contributed by atoms with E-state index < -0.39 is 21.8 Å². The molecule has 20 heavy (non-hydrogen) atoms. The van der Waals surface area contributed by atoms with Crippen LogP contribution in [0.15, 0.2) is 18.2 Å². The Labute approximate surface area is 117 Å². The Kier molecular flexibility index (Phi) is 3.80. The van der Waals surface area contributed by atoms with Crippen molar-refractivity contribution in [2.75, 3.05) is 17.5 Å². The Morgan fingerprint density at radius 3 is 2.55 bits per heavy atom. The maximum atomic E-state index is 12.0. The number of carbonyl (C=O) groups is 2. The number of hydrogen-bond donors (Lipinski definition) is 1. The molecule has 0 fully saturated rings. The van der Waals surface area contributed by atoms with Crippen LogP contribution in [0, 0.1) is 0 Å². The van der Waals surface area contributed by atoms with E-state index in [0.717, 1.165) is 11.3 Å². The van der Waals surface area contributed by atoms with E-state index in [2.05, 4.69) is 4.72 Å². The monoisotopic (exact) mass is 296 g/mol. The largest absolute Gasteiger partial charge is 0.283 e. The summed E-state index contributed by atoms with van der Waals surface area (Å²) in [6.07, 6.45) is 1.30. The number of carbonyl (C=O) groups excluding carboxylic acids is 2. The van der Waals surface area contributed by atoms with Gasteiger partial charge in [0.1, 0.15) is 0 Å². The van der Waals surface area contributed by atoms with Crippen molar-refractivity contribution in [3.05, 3.63) is 29.3 Å². The van der Waals surface area contributed by atoms with E-state index in [1.807, 2.05) is 6.92 Å². The molecule has 1 aromatic rings. The van der Waals surface area contributed by atoms with Crippen LogP contribution in [0.4, 0.5) is 5.69 Å². The molecule has 2 amide bonds. The molecule has 0 aliphatic carbocycles. The summed E-state index contributed by atoms with van der Waals surface area (Å²) in [6.45, 7) is 1.90. The second-order valence-corrected chi connectivity index (χ2v) is 6.51. The number of anilines is 1. The maximum absolute atomic E-state index is 12.0. The van der Waals surface area contributed by atoms with Gasteiger partial charge in [-0.3, -0.25) is 19.2 Å². The summed E-state index contributed by atoms with van der Waals surface area (Å²) >= 11 is 0. The van der Waals surface area contributed by atoms with Crippen LogP contribution in [0.25, 0.3) is 0 Å². The van der Waals surface area contributed by atoms with E-state index in [9.17, 15) is 18.0 Å². The topological polar surface area (TPSA) is 83.6 Å². The molecule has 1 aromatic carbocycles. The molecule has 1 N–H and O–H groups in total. The van der Waals surface area contributed by atoms with Gasteiger partial charge in [0.2, 0.25) is 10.0 Å². The Morgan fingerprint density at radius 1 is 1.20 bits per heavy atom. The third-order valence-electron chi connectivity index (χ3n) is 3.15. The second kappa shape index (κ2) is 5.24. The number of imide groups is 1. The molecule has 0 saturated heterocycles. The fourth-order valence-electron chi connectivity index (χ4n) is 2.04. The van der Waals surface area contributed by atoms with Crippen molar-refractivity contribution in [1.29, 1.82) is 0 Å². The highest BCUT2D eigenvalue weighted by atomic mass is 32.2. The number of nitrogens with zero attached hydrogens (tertiary/aromatic N) is 1. The van der Waals surface area contributed by atoms with Crippen LogP contribution < -0.4 is 4.72 Å². The van der Waals surface area contributed by atoms with Crippen molar-refractivity contribution in [3.8, 4) is 0 Å². The fraction of sp³-hybridized carbons (Fsp3) is 0.385. The molecule has 0 unspecified atom stereocenters. The molecule has 1 aliphatic rings. The third kappa shape index (κ3) is 2.53. The highest BCUT2D eigenvalue weighted by Gasteiger charge is 2.35. The smallest absolute Gasteiger partial charge is 0.263 e. The SMILES string of the molecule is CCCCS(=O)(=O)Nc1cccc2c1C(=O)N(C)C2=O. The quantitative estimate of drug-likeness (QED) is 0.834. The van der Waals surface area contributed by atoms with Crippen LogP contribution in [-0.4, -0.2) is 37.9 Å². The summed E-state index contributed by atoms with van der Waals surface area (Å²) in [5.41, 5.74) is 0.523. The number of hydrogen-bond acceptors (Lipinski definition) is 4. The van der Waals surface area contributed by atoms with Crippen molar-refractivity contribution in [2.45, 2.75) is 19.8 Å². The lowest BCUT2D eigenvalue weighted by Gasteiger charge is -2.10. The van der Waals surface area contributed by atoms with E-state index in [4.69, 9.17) is 0 Å². The Hall–Kier alpha value is -1.89. The van der Waals surface area contributed by atoms with Gasteiger partial charge in [0.05, 0.1) is 22.6 Å². The van der Waals surface area contributed by atoms with Gasteiger partial charge in [-0.1, -0.05) is 19.4 Å². The number of rotatable bonds is 5. The molecule has 0 atom stereocenters. The zero-order chi connectivity index (χ0) is 14.9. The van der Waals surface area contributed by atoms with Gasteiger partial charge in [0, 0.05) is 7.05 Å². The Bertz CT molecular complexity index is 667. The summed E-state index contributed by atoms with van der Waals surface area (Å²) in [5.74, 6) is -0.913. The zero-order valence-electron chi connectivity index (χ0n) is 11.3. The molecule has 2 rings (SSSR count). The predicted octanol–water partition coefficient (Wildman–Crippen LogP) is 1.45. The van der Waals surface area contributed by atoms with Gasteiger partial charge in [-0.2, -0.15) is 0 Å². The summed E-state index contributed by atoms with van der Waals surface area (Å²) in [5, 5.41) is 0. The fourth-order valence-corrected chi connectivity index (χ4v) is 3.32. The summed E-state index contributed by atoms with van der Waals surface area (Å²) in [7, 11) is -2.13. The van der Waals surface area contributed by atoms with E-state index in [0.29, 0.717) is 6.42 Å². The molecule has 6 nitrogen and oxygen atoms in total. The number of fused-ring (bicyclic) bond motifs is 1. The number of nitrogens with one attached hydrogen (secondary N) is 1. The van der Waals surface area contributed by atoms with Gasteiger partial charge in [-0.15, -0.1) is 0 Å². The number of benzene rings is 1. The lowest BCUT2D eigenvalue weighted by molar-refractivity contribution is 0.0693. The van der Waals surface area contributed by atoms with Crippen molar-refractivity contribution in [3.63, 3.8) is 0 Å². The Balaban J connectivity index is 2.37. The molecule has 0 bridgehead atoms. The molecule has 108 valence electrons. The van der Waals surface area contributed by atoms with Crippen LogP contribution in [-0.2, 0) is 10.0 Å². The van der Waals surface area contributed by atoms with Gasteiger partial charge in [0.15, 0.2) is 0 Å². The highest BCUT2D eigenvalue weighted by molar-refractivity contribution is 7.92. The average molecular weight is 296 g/mol. The van der Waals surface area contributed by atoms with E-state index >= 15 is 0 Å². The number of sulfonamides is 1. The molecular weight excluding hydrogens is 280 g/mol. The molecule has 1 aliphatic heterocycles. The predicted molar refractivity (Wildman–Crippen MR) is 75.2 cm³/mol. The zero-order valence-corrected chi connectivity index (χ0v) is 12.2. The van der Waals surface area contributed by atoms with Crippen LogP contribution >= 0.6 is 0 Å². The van der Waals surface area contributed by atoms with Gasteiger partial charge in [-0.25, -0.2) is 8.42 Å². The van der Waals surface area contributed by atoms with Gasteiger partial charge < -0.3 is 0 Å². The van der Waals surface area contributed by atoms with Gasteiger partial charge in [-0.05, 0) is 18.6 Å².